The molecule has 1 N–H and O–H groups in total. The van der Waals surface area contributed by atoms with Crippen LogP contribution in [0.5, 0.6) is 0 Å². The first-order chi connectivity index (χ1) is 12.9. The standard InChI is InChI=1S/C22H46O4S.Na/c1-3-5-19-22(27(24,25)26)20-16-14-12-10-8-6-7-9-11-13-15-18-21(23)17-4-2;/h21-23H,3-20H2,1-2H3,(H,24,25,26);/q;+1/p-1. The van der Waals surface area contributed by atoms with E-state index in [1.54, 1.807) is 0 Å². The van der Waals surface area contributed by atoms with Crippen molar-refractivity contribution < 1.29 is 47.6 Å². The average molecular weight is 429 g/mol. The van der Waals surface area contributed by atoms with Gasteiger partial charge in [-0.1, -0.05) is 104 Å². The monoisotopic (exact) mass is 428 g/mol. The van der Waals surface area contributed by atoms with Gasteiger partial charge in [-0.25, -0.2) is 8.42 Å². The molecule has 0 saturated heterocycles. The molecule has 0 aliphatic carbocycles. The van der Waals surface area contributed by atoms with Gasteiger partial charge in [-0.05, 0) is 25.7 Å². The Hall–Kier alpha value is 0.870. The second kappa shape index (κ2) is 21.1. The largest absolute Gasteiger partial charge is 1.00 e. The summed E-state index contributed by atoms with van der Waals surface area (Å²) in [4.78, 5) is 0. The summed E-state index contributed by atoms with van der Waals surface area (Å²) < 4.78 is 33.8. The normalized spacial score (nSPS) is 13.9. The van der Waals surface area contributed by atoms with Crippen LogP contribution in [0.25, 0.3) is 0 Å². The molecule has 0 fully saturated rings. The maximum atomic E-state index is 11.3. The van der Waals surface area contributed by atoms with Crippen LogP contribution >= 0.6 is 0 Å². The molecule has 0 radical (unpaired) electrons. The Kier molecular flexibility index (Phi) is 23.4. The molecular weight excluding hydrogens is 383 g/mol. The Labute approximate surface area is 197 Å². The predicted octanol–water partition coefficient (Wildman–Crippen LogP) is 3.33. The molecule has 0 spiro atoms. The van der Waals surface area contributed by atoms with E-state index < -0.39 is 15.4 Å². The summed E-state index contributed by atoms with van der Waals surface area (Å²) in [5, 5.41) is 9.01. The van der Waals surface area contributed by atoms with Gasteiger partial charge in [0.15, 0.2) is 0 Å². The molecule has 0 heterocycles. The molecule has 4 nitrogen and oxygen atoms in total. The van der Waals surface area contributed by atoms with Crippen LogP contribution in [0.15, 0.2) is 0 Å². The Morgan fingerprint density at radius 3 is 1.43 bits per heavy atom. The van der Waals surface area contributed by atoms with Gasteiger partial charge in [0, 0.05) is 5.25 Å². The number of hydrogen-bond donors (Lipinski definition) is 1. The minimum Gasteiger partial charge on any atom is -0.748 e. The van der Waals surface area contributed by atoms with E-state index in [0.717, 1.165) is 57.8 Å². The van der Waals surface area contributed by atoms with Crippen LogP contribution in [0.2, 0.25) is 0 Å². The molecule has 0 aromatic rings. The molecular formula is C22H45NaO4S. The zero-order valence-corrected chi connectivity index (χ0v) is 21.8. The third-order valence-electron chi connectivity index (χ3n) is 5.47. The van der Waals surface area contributed by atoms with Gasteiger partial charge >= 0.3 is 29.6 Å². The van der Waals surface area contributed by atoms with Gasteiger partial charge in [0.25, 0.3) is 0 Å². The van der Waals surface area contributed by atoms with E-state index in [0.29, 0.717) is 12.8 Å². The van der Waals surface area contributed by atoms with Gasteiger partial charge in [0.1, 0.15) is 0 Å². The summed E-state index contributed by atoms with van der Waals surface area (Å²) in [5.74, 6) is 0. The molecule has 28 heavy (non-hydrogen) atoms. The summed E-state index contributed by atoms with van der Waals surface area (Å²) in [6.45, 7) is 4.14. The van der Waals surface area contributed by atoms with E-state index in [1.807, 2.05) is 6.92 Å². The Morgan fingerprint density at radius 1 is 0.643 bits per heavy atom. The number of aliphatic hydroxyl groups excluding tert-OH is 1. The predicted molar refractivity (Wildman–Crippen MR) is 114 cm³/mol. The maximum Gasteiger partial charge on any atom is 1.00 e. The second-order valence-electron chi connectivity index (χ2n) is 8.17. The van der Waals surface area contributed by atoms with Crippen LogP contribution in [0, 0.1) is 0 Å². The minimum absolute atomic E-state index is 0. The Balaban J connectivity index is 0. The quantitative estimate of drug-likeness (QED) is 0.183. The maximum absolute atomic E-state index is 11.3. The smallest absolute Gasteiger partial charge is 0.748 e. The van der Waals surface area contributed by atoms with Gasteiger partial charge < -0.3 is 9.66 Å². The molecule has 0 saturated carbocycles. The molecule has 0 aliphatic heterocycles. The van der Waals surface area contributed by atoms with Crippen LogP contribution in [0.1, 0.15) is 129 Å². The molecule has 164 valence electrons. The minimum atomic E-state index is -4.12. The fraction of sp³-hybridized carbons (Fsp3) is 1.00. The van der Waals surface area contributed by atoms with Gasteiger partial charge in [0.2, 0.25) is 0 Å². The van der Waals surface area contributed by atoms with Gasteiger partial charge in [-0.3, -0.25) is 0 Å². The summed E-state index contributed by atoms with van der Waals surface area (Å²) in [6, 6.07) is 0. The average Bonchev–Trinajstić information content (AvgIpc) is 2.60. The number of unbranched alkanes of at least 4 members (excludes halogenated alkanes) is 11. The van der Waals surface area contributed by atoms with Crippen molar-refractivity contribution in [2.24, 2.45) is 0 Å². The third-order valence-corrected chi connectivity index (χ3v) is 6.76. The summed E-state index contributed by atoms with van der Waals surface area (Å²) >= 11 is 0. The Morgan fingerprint density at radius 2 is 1.04 bits per heavy atom. The molecule has 0 aliphatic rings. The second-order valence-corrected chi connectivity index (χ2v) is 9.82. The van der Waals surface area contributed by atoms with Crippen molar-refractivity contribution in [1.29, 1.82) is 0 Å². The van der Waals surface area contributed by atoms with E-state index in [2.05, 4.69) is 6.92 Å². The van der Waals surface area contributed by atoms with Gasteiger partial charge in [-0.15, -0.1) is 0 Å². The Bertz CT molecular complexity index is 415. The number of rotatable bonds is 20. The molecule has 0 rings (SSSR count). The van der Waals surface area contributed by atoms with E-state index in [1.165, 1.54) is 44.9 Å². The fourth-order valence-corrected chi connectivity index (χ4v) is 4.60. The molecule has 0 aromatic heterocycles. The number of hydrogen-bond acceptors (Lipinski definition) is 4. The topological polar surface area (TPSA) is 77.4 Å². The van der Waals surface area contributed by atoms with E-state index in [-0.39, 0.29) is 35.7 Å². The van der Waals surface area contributed by atoms with Crippen LogP contribution in [0.3, 0.4) is 0 Å². The van der Waals surface area contributed by atoms with Gasteiger partial charge in [0.05, 0.1) is 16.2 Å². The van der Waals surface area contributed by atoms with E-state index in [4.69, 9.17) is 0 Å². The molecule has 0 amide bonds. The van der Waals surface area contributed by atoms with Crippen LogP contribution in [-0.4, -0.2) is 29.4 Å². The first-order valence-electron chi connectivity index (χ1n) is 11.5. The van der Waals surface area contributed by atoms with Crippen LogP contribution in [0.4, 0.5) is 0 Å². The van der Waals surface area contributed by atoms with Gasteiger partial charge in [-0.2, -0.15) is 0 Å². The molecule has 0 bridgehead atoms. The number of aliphatic hydroxyl groups is 1. The van der Waals surface area contributed by atoms with Crippen molar-refractivity contribution in [3.63, 3.8) is 0 Å². The first kappa shape index (κ1) is 31.1. The van der Waals surface area contributed by atoms with Crippen molar-refractivity contribution in [1.82, 2.24) is 0 Å². The van der Waals surface area contributed by atoms with Crippen LogP contribution in [-0.2, 0) is 10.1 Å². The molecule has 0 aromatic carbocycles. The summed E-state index contributed by atoms with van der Waals surface area (Å²) in [6.07, 6.45) is 18.8. The van der Waals surface area contributed by atoms with Crippen molar-refractivity contribution in [2.75, 3.05) is 0 Å². The molecule has 2 atom stereocenters. The van der Waals surface area contributed by atoms with Crippen molar-refractivity contribution >= 4 is 10.1 Å². The summed E-state index contributed by atoms with van der Waals surface area (Å²) in [7, 11) is -4.12. The molecule has 2 unspecified atom stereocenters. The zero-order chi connectivity index (χ0) is 20.4. The first-order valence-corrected chi connectivity index (χ1v) is 13.0. The van der Waals surface area contributed by atoms with E-state index in [9.17, 15) is 18.1 Å². The van der Waals surface area contributed by atoms with Crippen molar-refractivity contribution in [3.8, 4) is 0 Å². The third kappa shape index (κ3) is 20.2. The zero-order valence-electron chi connectivity index (χ0n) is 19.0. The van der Waals surface area contributed by atoms with Crippen molar-refractivity contribution in [3.05, 3.63) is 0 Å². The SMILES string of the molecule is CCCCC(CCCCCCCCCCCCCC(O)CCC)S(=O)(=O)[O-].[Na+]. The molecule has 6 heteroatoms. The fourth-order valence-electron chi connectivity index (χ4n) is 3.69. The van der Waals surface area contributed by atoms with Crippen molar-refractivity contribution in [2.45, 2.75) is 141 Å². The summed E-state index contributed by atoms with van der Waals surface area (Å²) in [5.41, 5.74) is 0. The van der Waals surface area contributed by atoms with E-state index >= 15 is 0 Å². The van der Waals surface area contributed by atoms with Crippen LogP contribution < -0.4 is 29.6 Å².